The van der Waals surface area contributed by atoms with E-state index in [0.29, 0.717) is 6.61 Å². The van der Waals surface area contributed by atoms with Crippen LogP contribution in [0.1, 0.15) is 19.8 Å². The molecule has 0 spiro atoms. The lowest BCUT2D eigenvalue weighted by molar-refractivity contribution is -0.137. The maximum absolute atomic E-state index is 11.0. The number of aliphatic hydroxyl groups excluding tert-OH is 1. The number of hydrogen-bond acceptors (Lipinski definition) is 4. The van der Waals surface area contributed by atoms with Crippen LogP contribution in [0.15, 0.2) is 12.2 Å². The van der Waals surface area contributed by atoms with Crippen molar-refractivity contribution in [3.63, 3.8) is 0 Å². The van der Waals surface area contributed by atoms with Crippen molar-refractivity contribution in [1.82, 2.24) is 4.90 Å². The molecule has 0 aromatic heterocycles. The Balaban J connectivity index is 2.16. The summed E-state index contributed by atoms with van der Waals surface area (Å²) < 4.78 is 4.76. The van der Waals surface area contributed by atoms with Crippen molar-refractivity contribution in [1.29, 1.82) is 0 Å². The van der Waals surface area contributed by atoms with Crippen molar-refractivity contribution in [2.75, 3.05) is 26.2 Å². The van der Waals surface area contributed by atoms with E-state index in [4.69, 9.17) is 4.74 Å². The summed E-state index contributed by atoms with van der Waals surface area (Å²) in [6.45, 7) is 4.76. The summed E-state index contributed by atoms with van der Waals surface area (Å²) in [6.07, 6.45) is 4.79. The molecule has 1 N–H and O–H groups in total. The normalized spacial score (nSPS) is 19.6. The fourth-order valence-electron chi connectivity index (χ4n) is 1.59. The third kappa shape index (κ3) is 4.95. The Morgan fingerprint density at radius 2 is 2.20 bits per heavy atom. The summed E-state index contributed by atoms with van der Waals surface area (Å²) in [5.41, 5.74) is 0. The summed E-state index contributed by atoms with van der Waals surface area (Å²) >= 11 is 0. The zero-order valence-corrected chi connectivity index (χ0v) is 9.19. The van der Waals surface area contributed by atoms with Gasteiger partial charge in [-0.25, -0.2) is 4.79 Å². The molecule has 0 radical (unpaired) electrons. The number of ether oxygens (including phenoxy) is 1. The number of hydrogen-bond donors (Lipinski definition) is 1. The molecule has 0 bridgehead atoms. The number of likely N-dealkylation sites (tertiary alicyclic amines) is 1. The minimum absolute atomic E-state index is 0.143. The lowest BCUT2D eigenvalue weighted by Crippen LogP contribution is -2.35. The molecule has 86 valence electrons. The topological polar surface area (TPSA) is 49.8 Å². The van der Waals surface area contributed by atoms with Gasteiger partial charge in [0.05, 0.1) is 12.7 Å². The highest BCUT2D eigenvalue weighted by Crippen LogP contribution is 2.09. The van der Waals surface area contributed by atoms with Gasteiger partial charge in [-0.3, -0.25) is 4.90 Å². The lowest BCUT2D eigenvalue weighted by Gasteiger charge is -2.28. The average Bonchev–Trinajstić information content (AvgIpc) is 2.21. The van der Waals surface area contributed by atoms with Crippen LogP contribution in [0.5, 0.6) is 0 Å². The van der Waals surface area contributed by atoms with Gasteiger partial charge in [-0.2, -0.15) is 0 Å². The second-order valence-corrected chi connectivity index (χ2v) is 3.69. The molecule has 0 saturated carbocycles. The largest absolute Gasteiger partial charge is 0.463 e. The van der Waals surface area contributed by atoms with Crippen molar-refractivity contribution in [2.45, 2.75) is 25.9 Å². The van der Waals surface area contributed by atoms with Gasteiger partial charge in [0.1, 0.15) is 0 Å². The molecule has 1 rings (SSSR count). The molecule has 0 aliphatic carbocycles. The third-order valence-corrected chi connectivity index (χ3v) is 2.46. The van der Waals surface area contributed by atoms with Crippen molar-refractivity contribution < 1.29 is 14.6 Å². The zero-order valence-electron chi connectivity index (χ0n) is 9.19. The number of carbonyl (C=O) groups is 1. The first-order valence-electron chi connectivity index (χ1n) is 5.46. The van der Waals surface area contributed by atoms with Crippen molar-refractivity contribution in [2.24, 2.45) is 0 Å². The molecule has 1 saturated heterocycles. The van der Waals surface area contributed by atoms with Crippen LogP contribution < -0.4 is 0 Å². The highest BCUT2D eigenvalue weighted by atomic mass is 16.5. The second kappa shape index (κ2) is 6.58. The number of carbonyl (C=O) groups excluding carboxylic acids is 1. The fraction of sp³-hybridized carbons (Fsp3) is 0.727. The lowest BCUT2D eigenvalue weighted by atomic mass is 10.1. The van der Waals surface area contributed by atoms with Crippen LogP contribution in [0.3, 0.4) is 0 Å². The monoisotopic (exact) mass is 213 g/mol. The molecule has 4 nitrogen and oxygen atoms in total. The first-order chi connectivity index (χ1) is 7.22. The van der Waals surface area contributed by atoms with Gasteiger partial charge in [0, 0.05) is 25.7 Å². The van der Waals surface area contributed by atoms with Crippen molar-refractivity contribution in [3.05, 3.63) is 12.2 Å². The molecule has 0 aromatic rings. The van der Waals surface area contributed by atoms with Gasteiger partial charge in [-0.15, -0.1) is 0 Å². The minimum Gasteiger partial charge on any atom is -0.463 e. The molecule has 1 heterocycles. The number of rotatable bonds is 4. The Kier molecular flexibility index (Phi) is 5.36. The summed E-state index contributed by atoms with van der Waals surface area (Å²) in [6, 6.07) is 0. The quantitative estimate of drug-likeness (QED) is 0.547. The Morgan fingerprint density at radius 1 is 1.53 bits per heavy atom. The summed E-state index contributed by atoms with van der Waals surface area (Å²) in [4.78, 5) is 13.2. The van der Waals surface area contributed by atoms with Crippen LogP contribution in [0.25, 0.3) is 0 Å². The standard InChI is InChI=1S/C11H19NO3/c1-2-15-11(14)4-3-7-12-8-5-10(13)6-9-12/h3-4,10,13H,2,5-9H2,1H3/b4-3+. The Bertz CT molecular complexity index is 220. The van der Waals surface area contributed by atoms with E-state index in [1.807, 2.05) is 6.08 Å². The maximum Gasteiger partial charge on any atom is 0.330 e. The van der Waals surface area contributed by atoms with Crippen LogP contribution >= 0.6 is 0 Å². The van der Waals surface area contributed by atoms with Gasteiger partial charge in [0.15, 0.2) is 0 Å². The van der Waals surface area contributed by atoms with Crippen LogP contribution in [0.2, 0.25) is 0 Å². The molecule has 1 aliphatic rings. The number of aliphatic hydroxyl groups is 1. The molecule has 1 aliphatic heterocycles. The Morgan fingerprint density at radius 3 is 2.80 bits per heavy atom. The molecule has 1 fully saturated rings. The van der Waals surface area contributed by atoms with E-state index in [-0.39, 0.29) is 12.1 Å². The molecule has 0 atom stereocenters. The molecule has 0 unspecified atom stereocenters. The van der Waals surface area contributed by atoms with E-state index >= 15 is 0 Å². The minimum atomic E-state index is -0.283. The summed E-state index contributed by atoms with van der Waals surface area (Å²) in [5, 5.41) is 9.29. The third-order valence-electron chi connectivity index (χ3n) is 2.46. The highest BCUT2D eigenvalue weighted by molar-refractivity contribution is 5.81. The first-order valence-corrected chi connectivity index (χ1v) is 5.46. The van der Waals surface area contributed by atoms with Crippen LogP contribution in [0.4, 0.5) is 0 Å². The SMILES string of the molecule is CCOC(=O)/C=C/CN1CCC(O)CC1. The zero-order chi connectivity index (χ0) is 11.1. The van der Waals surface area contributed by atoms with Crippen molar-refractivity contribution >= 4 is 5.97 Å². The number of nitrogens with zero attached hydrogens (tertiary/aromatic N) is 1. The first kappa shape index (κ1) is 12.2. The molecule has 4 heteroatoms. The second-order valence-electron chi connectivity index (χ2n) is 3.69. The predicted octanol–water partition coefficient (Wildman–Crippen LogP) is 0.562. The van der Waals surface area contributed by atoms with E-state index in [2.05, 4.69) is 4.90 Å². The molecule has 15 heavy (non-hydrogen) atoms. The highest BCUT2D eigenvalue weighted by Gasteiger charge is 2.15. The molecular weight excluding hydrogens is 194 g/mol. The molecular formula is C11H19NO3. The van der Waals surface area contributed by atoms with Gasteiger partial charge in [-0.1, -0.05) is 6.08 Å². The van der Waals surface area contributed by atoms with Crippen molar-refractivity contribution in [3.8, 4) is 0 Å². The van der Waals surface area contributed by atoms with E-state index in [9.17, 15) is 9.90 Å². The predicted molar refractivity (Wildman–Crippen MR) is 57.5 cm³/mol. The molecule has 0 aromatic carbocycles. The van der Waals surface area contributed by atoms with Gasteiger partial charge >= 0.3 is 5.97 Å². The number of piperidine rings is 1. The summed E-state index contributed by atoms with van der Waals surface area (Å²) in [7, 11) is 0. The van der Waals surface area contributed by atoms with E-state index in [1.165, 1.54) is 6.08 Å². The van der Waals surface area contributed by atoms with E-state index in [1.54, 1.807) is 6.92 Å². The van der Waals surface area contributed by atoms with E-state index in [0.717, 1.165) is 32.5 Å². The maximum atomic E-state index is 11.0. The molecule has 0 amide bonds. The van der Waals surface area contributed by atoms with Gasteiger partial charge in [0.2, 0.25) is 0 Å². The van der Waals surface area contributed by atoms with Gasteiger partial charge in [-0.05, 0) is 19.8 Å². The van der Waals surface area contributed by atoms with Crippen LogP contribution in [-0.4, -0.2) is 48.3 Å². The van der Waals surface area contributed by atoms with Gasteiger partial charge in [0.25, 0.3) is 0 Å². The van der Waals surface area contributed by atoms with E-state index < -0.39 is 0 Å². The van der Waals surface area contributed by atoms with Crippen LogP contribution in [0, 0.1) is 0 Å². The smallest absolute Gasteiger partial charge is 0.330 e. The van der Waals surface area contributed by atoms with Gasteiger partial charge < -0.3 is 9.84 Å². The average molecular weight is 213 g/mol. The fourth-order valence-corrected chi connectivity index (χ4v) is 1.59. The Labute approximate surface area is 90.5 Å². The number of esters is 1. The Hall–Kier alpha value is -0.870. The summed E-state index contributed by atoms with van der Waals surface area (Å²) in [5.74, 6) is -0.283. The van der Waals surface area contributed by atoms with Crippen LogP contribution in [-0.2, 0) is 9.53 Å².